The molecule has 0 saturated carbocycles. The maximum absolute atomic E-state index is 11.9. The van der Waals surface area contributed by atoms with Crippen LogP contribution in [0.25, 0.3) is 0 Å². The Bertz CT molecular complexity index is 439. The van der Waals surface area contributed by atoms with Crippen LogP contribution in [-0.2, 0) is 11.2 Å². The monoisotopic (exact) mass is 300 g/mol. The molecule has 106 valence electrons. The van der Waals surface area contributed by atoms with E-state index in [1.165, 1.54) is 11.3 Å². The van der Waals surface area contributed by atoms with Gasteiger partial charge in [-0.15, -0.1) is 12.4 Å². The SMILES string of the molecule is CSCC(C)C(=O)Nc1ccc2c(c1)CCCN2.Cl. The number of anilines is 2. The maximum Gasteiger partial charge on any atom is 0.228 e. The number of hydrogen-bond acceptors (Lipinski definition) is 3. The molecular weight excluding hydrogens is 280 g/mol. The number of rotatable bonds is 4. The van der Waals surface area contributed by atoms with Crippen molar-refractivity contribution in [2.75, 3.05) is 29.2 Å². The number of carbonyl (C=O) groups excluding carboxylic acids is 1. The van der Waals surface area contributed by atoms with Crippen molar-refractivity contribution in [1.82, 2.24) is 0 Å². The van der Waals surface area contributed by atoms with Crippen molar-refractivity contribution in [3.63, 3.8) is 0 Å². The molecule has 1 amide bonds. The van der Waals surface area contributed by atoms with E-state index in [1.54, 1.807) is 11.8 Å². The quantitative estimate of drug-likeness (QED) is 0.895. The molecule has 1 aliphatic rings. The first-order valence-corrected chi connectivity index (χ1v) is 7.76. The third-order valence-electron chi connectivity index (χ3n) is 3.18. The number of carbonyl (C=O) groups is 1. The Morgan fingerprint density at radius 3 is 3.05 bits per heavy atom. The van der Waals surface area contributed by atoms with Crippen molar-refractivity contribution in [3.05, 3.63) is 23.8 Å². The van der Waals surface area contributed by atoms with E-state index in [0.29, 0.717) is 0 Å². The molecule has 0 aliphatic carbocycles. The van der Waals surface area contributed by atoms with Gasteiger partial charge in [0.1, 0.15) is 0 Å². The van der Waals surface area contributed by atoms with Crippen LogP contribution in [0.15, 0.2) is 18.2 Å². The molecule has 0 bridgehead atoms. The molecule has 2 rings (SSSR count). The molecule has 0 radical (unpaired) electrons. The van der Waals surface area contributed by atoms with E-state index in [1.807, 2.05) is 19.2 Å². The third-order valence-corrected chi connectivity index (χ3v) is 4.01. The summed E-state index contributed by atoms with van der Waals surface area (Å²) in [7, 11) is 0. The van der Waals surface area contributed by atoms with E-state index >= 15 is 0 Å². The van der Waals surface area contributed by atoms with Crippen molar-refractivity contribution in [2.24, 2.45) is 5.92 Å². The van der Waals surface area contributed by atoms with Crippen LogP contribution in [0, 0.1) is 5.92 Å². The summed E-state index contributed by atoms with van der Waals surface area (Å²) in [6.07, 6.45) is 4.27. The van der Waals surface area contributed by atoms with Gasteiger partial charge < -0.3 is 10.6 Å². The molecule has 1 unspecified atom stereocenters. The second-order valence-electron chi connectivity index (χ2n) is 4.75. The first kappa shape index (κ1) is 16.2. The Morgan fingerprint density at radius 1 is 1.53 bits per heavy atom. The van der Waals surface area contributed by atoms with Gasteiger partial charge in [0.05, 0.1) is 0 Å². The highest BCUT2D eigenvalue weighted by Gasteiger charge is 2.14. The summed E-state index contributed by atoms with van der Waals surface area (Å²) < 4.78 is 0. The topological polar surface area (TPSA) is 41.1 Å². The fraction of sp³-hybridized carbons (Fsp3) is 0.500. The van der Waals surface area contributed by atoms with Gasteiger partial charge in [-0.05, 0) is 42.9 Å². The van der Waals surface area contributed by atoms with Crippen molar-refractivity contribution in [3.8, 4) is 0 Å². The first-order valence-electron chi connectivity index (χ1n) is 6.37. The van der Waals surface area contributed by atoms with Crippen LogP contribution >= 0.6 is 24.2 Å². The van der Waals surface area contributed by atoms with Gasteiger partial charge in [0.25, 0.3) is 0 Å². The van der Waals surface area contributed by atoms with Crippen molar-refractivity contribution in [2.45, 2.75) is 19.8 Å². The van der Waals surface area contributed by atoms with Crippen molar-refractivity contribution >= 4 is 41.5 Å². The zero-order valence-electron chi connectivity index (χ0n) is 11.4. The standard InChI is InChI=1S/C14H20N2OS.ClH/c1-10(9-18-2)14(17)16-12-5-6-13-11(8-12)4-3-7-15-13;/h5-6,8,10,15H,3-4,7,9H2,1-2H3,(H,16,17);1H. The lowest BCUT2D eigenvalue weighted by Gasteiger charge is -2.19. The smallest absolute Gasteiger partial charge is 0.228 e. The molecule has 1 heterocycles. The predicted octanol–water partition coefficient (Wildman–Crippen LogP) is 3.40. The van der Waals surface area contributed by atoms with Crippen LogP contribution in [0.5, 0.6) is 0 Å². The lowest BCUT2D eigenvalue weighted by Crippen LogP contribution is -2.22. The molecule has 3 nitrogen and oxygen atoms in total. The molecule has 1 aromatic rings. The molecular formula is C14H21ClN2OS. The van der Waals surface area contributed by atoms with Gasteiger partial charge in [0.15, 0.2) is 0 Å². The second-order valence-corrected chi connectivity index (χ2v) is 5.66. The van der Waals surface area contributed by atoms with E-state index in [2.05, 4.69) is 22.8 Å². The summed E-state index contributed by atoms with van der Waals surface area (Å²) >= 11 is 1.70. The molecule has 1 aromatic carbocycles. The summed E-state index contributed by atoms with van der Waals surface area (Å²) in [5, 5.41) is 6.37. The minimum Gasteiger partial charge on any atom is -0.385 e. The molecule has 19 heavy (non-hydrogen) atoms. The fourth-order valence-electron chi connectivity index (χ4n) is 2.14. The lowest BCUT2D eigenvalue weighted by atomic mass is 10.0. The Kier molecular flexibility index (Phi) is 6.52. The summed E-state index contributed by atoms with van der Waals surface area (Å²) in [4.78, 5) is 11.9. The molecule has 5 heteroatoms. The number of nitrogens with one attached hydrogen (secondary N) is 2. The van der Waals surface area contributed by atoms with Gasteiger partial charge in [-0.1, -0.05) is 6.92 Å². The highest BCUT2D eigenvalue weighted by Crippen LogP contribution is 2.25. The van der Waals surface area contributed by atoms with Crippen LogP contribution in [0.2, 0.25) is 0 Å². The Balaban J connectivity index is 0.00000180. The average molecular weight is 301 g/mol. The highest BCUT2D eigenvalue weighted by molar-refractivity contribution is 7.98. The molecule has 1 aliphatic heterocycles. The molecule has 2 N–H and O–H groups in total. The van der Waals surface area contributed by atoms with Crippen molar-refractivity contribution < 1.29 is 4.79 Å². The Morgan fingerprint density at radius 2 is 2.32 bits per heavy atom. The van der Waals surface area contributed by atoms with Gasteiger partial charge in [0.2, 0.25) is 5.91 Å². The Labute approximate surface area is 125 Å². The van der Waals surface area contributed by atoms with Gasteiger partial charge in [0, 0.05) is 29.6 Å². The van der Waals surface area contributed by atoms with Crippen molar-refractivity contribution in [1.29, 1.82) is 0 Å². The highest BCUT2D eigenvalue weighted by atomic mass is 35.5. The number of aryl methyl sites for hydroxylation is 1. The normalized spacial score (nSPS) is 14.6. The van der Waals surface area contributed by atoms with E-state index in [9.17, 15) is 4.79 Å². The minimum atomic E-state index is 0. The lowest BCUT2D eigenvalue weighted by molar-refractivity contribution is -0.118. The van der Waals surface area contributed by atoms with Gasteiger partial charge >= 0.3 is 0 Å². The number of thioether (sulfide) groups is 1. The molecule has 0 saturated heterocycles. The zero-order chi connectivity index (χ0) is 13.0. The van der Waals surface area contributed by atoms with E-state index < -0.39 is 0 Å². The molecule has 0 fully saturated rings. The largest absolute Gasteiger partial charge is 0.385 e. The van der Waals surface area contributed by atoms with E-state index in [-0.39, 0.29) is 24.2 Å². The van der Waals surface area contributed by atoms with Crippen LogP contribution in [0.1, 0.15) is 18.9 Å². The molecule has 1 atom stereocenters. The van der Waals surface area contributed by atoms with Gasteiger partial charge in [-0.2, -0.15) is 11.8 Å². The molecule has 0 aromatic heterocycles. The number of fused-ring (bicyclic) bond motifs is 1. The summed E-state index contributed by atoms with van der Waals surface area (Å²) in [5.41, 5.74) is 3.42. The van der Waals surface area contributed by atoms with Crippen LogP contribution in [0.3, 0.4) is 0 Å². The fourth-order valence-corrected chi connectivity index (χ4v) is 2.80. The summed E-state index contributed by atoms with van der Waals surface area (Å²) in [6.45, 7) is 3.01. The zero-order valence-corrected chi connectivity index (χ0v) is 13.0. The summed E-state index contributed by atoms with van der Waals surface area (Å²) in [5.74, 6) is 1.01. The second kappa shape index (κ2) is 7.65. The predicted molar refractivity (Wildman–Crippen MR) is 86.7 cm³/mol. The Hall–Kier alpha value is -0.870. The summed E-state index contributed by atoms with van der Waals surface area (Å²) in [6, 6.07) is 6.12. The van der Waals surface area contributed by atoms with Crippen LogP contribution in [0.4, 0.5) is 11.4 Å². The van der Waals surface area contributed by atoms with Crippen LogP contribution in [-0.4, -0.2) is 24.5 Å². The minimum absolute atomic E-state index is 0. The molecule has 0 spiro atoms. The maximum atomic E-state index is 11.9. The number of amides is 1. The van der Waals surface area contributed by atoms with Crippen LogP contribution < -0.4 is 10.6 Å². The number of halogens is 1. The van der Waals surface area contributed by atoms with Gasteiger partial charge in [-0.25, -0.2) is 0 Å². The number of benzene rings is 1. The average Bonchev–Trinajstić information content (AvgIpc) is 2.39. The van der Waals surface area contributed by atoms with E-state index in [4.69, 9.17) is 0 Å². The first-order chi connectivity index (χ1) is 8.70. The van der Waals surface area contributed by atoms with E-state index in [0.717, 1.165) is 30.8 Å². The third kappa shape index (κ3) is 4.32. The van der Waals surface area contributed by atoms with Gasteiger partial charge in [-0.3, -0.25) is 4.79 Å². The number of hydrogen-bond donors (Lipinski definition) is 2.